The van der Waals surface area contributed by atoms with Crippen LogP contribution in [-0.2, 0) is 11.2 Å². The van der Waals surface area contributed by atoms with E-state index in [0.29, 0.717) is 24.7 Å². The van der Waals surface area contributed by atoms with Crippen molar-refractivity contribution in [3.63, 3.8) is 0 Å². The summed E-state index contributed by atoms with van der Waals surface area (Å²) in [6.07, 6.45) is 2.73. The Morgan fingerprint density at radius 1 is 1.44 bits per heavy atom. The SMILES string of the molecule is CCCCNC(=O)C(C)NCCc1nc(C)no1. The maximum atomic E-state index is 11.6. The third-order valence-corrected chi connectivity index (χ3v) is 2.58. The highest BCUT2D eigenvalue weighted by Gasteiger charge is 2.11. The monoisotopic (exact) mass is 254 g/mol. The minimum Gasteiger partial charge on any atom is -0.355 e. The summed E-state index contributed by atoms with van der Waals surface area (Å²) in [6, 6.07) is -0.203. The average molecular weight is 254 g/mol. The van der Waals surface area contributed by atoms with E-state index in [1.807, 2.05) is 6.92 Å². The Labute approximate surface area is 108 Å². The predicted molar refractivity (Wildman–Crippen MR) is 68.1 cm³/mol. The number of unbranched alkanes of at least 4 members (excludes halogenated alkanes) is 1. The van der Waals surface area contributed by atoms with Crippen molar-refractivity contribution in [2.75, 3.05) is 13.1 Å². The highest BCUT2D eigenvalue weighted by atomic mass is 16.5. The molecule has 1 rings (SSSR count). The maximum absolute atomic E-state index is 11.6. The molecule has 18 heavy (non-hydrogen) atoms. The van der Waals surface area contributed by atoms with Crippen LogP contribution in [0.25, 0.3) is 0 Å². The van der Waals surface area contributed by atoms with E-state index in [2.05, 4.69) is 27.7 Å². The van der Waals surface area contributed by atoms with Crippen LogP contribution in [-0.4, -0.2) is 35.2 Å². The van der Waals surface area contributed by atoms with Gasteiger partial charge in [-0.15, -0.1) is 0 Å². The van der Waals surface area contributed by atoms with Gasteiger partial charge < -0.3 is 15.2 Å². The van der Waals surface area contributed by atoms with Crippen molar-refractivity contribution in [1.29, 1.82) is 0 Å². The van der Waals surface area contributed by atoms with Crippen LogP contribution in [0.2, 0.25) is 0 Å². The Morgan fingerprint density at radius 3 is 2.83 bits per heavy atom. The Hall–Kier alpha value is -1.43. The molecule has 2 N–H and O–H groups in total. The molecular weight excluding hydrogens is 232 g/mol. The first-order valence-electron chi connectivity index (χ1n) is 6.43. The van der Waals surface area contributed by atoms with Crippen LogP contribution in [0.15, 0.2) is 4.52 Å². The Morgan fingerprint density at radius 2 is 2.22 bits per heavy atom. The minimum absolute atomic E-state index is 0.0326. The van der Waals surface area contributed by atoms with E-state index in [1.165, 1.54) is 0 Å². The Bertz CT molecular complexity index is 365. The lowest BCUT2D eigenvalue weighted by molar-refractivity contribution is -0.122. The van der Waals surface area contributed by atoms with Crippen molar-refractivity contribution in [3.05, 3.63) is 11.7 Å². The smallest absolute Gasteiger partial charge is 0.236 e. The number of hydrogen-bond donors (Lipinski definition) is 2. The second-order valence-corrected chi connectivity index (χ2v) is 4.31. The molecule has 0 saturated carbocycles. The molecule has 0 aliphatic carbocycles. The van der Waals surface area contributed by atoms with E-state index < -0.39 is 0 Å². The van der Waals surface area contributed by atoms with Crippen molar-refractivity contribution < 1.29 is 9.32 Å². The van der Waals surface area contributed by atoms with Gasteiger partial charge in [0.15, 0.2) is 5.82 Å². The topological polar surface area (TPSA) is 80.0 Å². The van der Waals surface area contributed by atoms with Gasteiger partial charge in [-0.1, -0.05) is 18.5 Å². The molecule has 1 unspecified atom stereocenters. The van der Waals surface area contributed by atoms with E-state index in [1.54, 1.807) is 6.92 Å². The number of carbonyl (C=O) groups is 1. The van der Waals surface area contributed by atoms with Gasteiger partial charge in [0.25, 0.3) is 0 Å². The molecule has 0 saturated heterocycles. The van der Waals surface area contributed by atoms with E-state index in [0.717, 1.165) is 19.4 Å². The summed E-state index contributed by atoms with van der Waals surface area (Å²) < 4.78 is 4.98. The first-order chi connectivity index (χ1) is 8.63. The van der Waals surface area contributed by atoms with E-state index in [-0.39, 0.29) is 11.9 Å². The third kappa shape index (κ3) is 5.27. The van der Waals surface area contributed by atoms with Gasteiger partial charge in [-0.25, -0.2) is 0 Å². The fourth-order valence-corrected chi connectivity index (χ4v) is 1.47. The van der Waals surface area contributed by atoms with Gasteiger partial charge in [-0.2, -0.15) is 4.98 Å². The summed E-state index contributed by atoms with van der Waals surface area (Å²) in [4.78, 5) is 15.7. The number of aryl methyl sites for hydroxylation is 1. The van der Waals surface area contributed by atoms with Crippen molar-refractivity contribution in [1.82, 2.24) is 20.8 Å². The molecule has 1 heterocycles. The van der Waals surface area contributed by atoms with Crippen molar-refractivity contribution >= 4 is 5.91 Å². The van der Waals surface area contributed by atoms with Crippen molar-refractivity contribution in [2.24, 2.45) is 0 Å². The van der Waals surface area contributed by atoms with Gasteiger partial charge in [0, 0.05) is 19.5 Å². The zero-order valence-corrected chi connectivity index (χ0v) is 11.3. The molecule has 1 aromatic heterocycles. The molecule has 0 spiro atoms. The summed E-state index contributed by atoms with van der Waals surface area (Å²) in [5.41, 5.74) is 0. The second kappa shape index (κ2) is 7.81. The molecule has 0 aromatic carbocycles. The number of amides is 1. The molecule has 0 radical (unpaired) electrons. The molecule has 0 aliphatic rings. The number of nitrogens with one attached hydrogen (secondary N) is 2. The third-order valence-electron chi connectivity index (χ3n) is 2.58. The number of hydrogen-bond acceptors (Lipinski definition) is 5. The van der Waals surface area contributed by atoms with Crippen LogP contribution < -0.4 is 10.6 Å². The van der Waals surface area contributed by atoms with Gasteiger partial charge in [0.05, 0.1) is 6.04 Å². The number of rotatable bonds is 8. The molecule has 102 valence electrons. The van der Waals surface area contributed by atoms with Crippen LogP contribution in [0.3, 0.4) is 0 Å². The summed E-state index contributed by atoms with van der Waals surface area (Å²) >= 11 is 0. The highest BCUT2D eigenvalue weighted by molar-refractivity contribution is 5.81. The molecule has 0 fully saturated rings. The molecular formula is C12H22N4O2. The first-order valence-corrected chi connectivity index (χ1v) is 6.43. The molecule has 0 aliphatic heterocycles. The number of aromatic nitrogens is 2. The maximum Gasteiger partial charge on any atom is 0.236 e. The lowest BCUT2D eigenvalue weighted by Crippen LogP contribution is -2.43. The van der Waals surface area contributed by atoms with Crippen LogP contribution in [0.5, 0.6) is 0 Å². The largest absolute Gasteiger partial charge is 0.355 e. The standard InChI is InChI=1S/C12H22N4O2/c1-4-5-7-14-12(17)9(2)13-8-6-11-15-10(3)16-18-11/h9,13H,4-8H2,1-3H3,(H,14,17). The number of nitrogens with zero attached hydrogens (tertiary/aromatic N) is 2. The van der Waals surface area contributed by atoms with E-state index >= 15 is 0 Å². The zero-order valence-electron chi connectivity index (χ0n) is 11.3. The van der Waals surface area contributed by atoms with E-state index in [9.17, 15) is 4.79 Å². The van der Waals surface area contributed by atoms with Gasteiger partial charge in [-0.3, -0.25) is 4.79 Å². The van der Waals surface area contributed by atoms with Crippen LogP contribution in [0, 0.1) is 6.92 Å². The summed E-state index contributed by atoms with van der Waals surface area (Å²) in [7, 11) is 0. The quantitative estimate of drug-likeness (QED) is 0.671. The summed E-state index contributed by atoms with van der Waals surface area (Å²) in [5.74, 6) is 1.26. The van der Waals surface area contributed by atoms with Crippen LogP contribution in [0.1, 0.15) is 38.4 Å². The first kappa shape index (κ1) is 14.6. The van der Waals surface area contributed by atoms with Crippen LogP contribution in [0.4, 0.5) is 0 Å². The molecule has 1 aromatic rings. The molecule has 1 amide bonds. The highest BCUT2D eigenvalue weighted by Crippen LogP contribution is 1.96. The van der Waals surface area contributed by atoms with Gasteiger partial charge in [-0.05, 0) is 20.3 Å². The average Bonchev–Trinajstić information content (AvgIpc) is 2.75. The fourth-order valence-electron chi connectivity index (χ4n) is 1.47. The van der Waals surface area contributed by atoms with Crippen molar-refractivity contribution in [2.45, 2.75) is 46.1 Å². The molecule has 6 nitrogen and oxygen atoms in total. The molecule has 1 atom stereocenters. The Balaban J connectivity index is 2.16. The van der Waals surface area contributed by atoms with Gasteiger partial charge in [0.1, 0.15) is 0 Å². The molecule has 6 heteroatoms. The lowest BCUT2D eigenvalue weighted by Gasteiger charge is -2.13. The van der Waals surface area contributed by atoms with E-state index in [4.69, 9.17) is 4.52 Å². The van der Waals surface area contributed by atoms with Crippen molar-refractivity contribution in [3.8, 4) is 0 Å². The zero-order chi connectivity index (χ0) is 13.4. The fraction of sp³-hybridized carbons (Fsp3) is 0.750. The van der Waals surface area contributed by atoms with Gasteiger partial charge in [0.2, 0.25) is 11.8 Å². The minimum atomic E-state index is -0.203. The Kier molecular flexibility index (Phi) is 6.35. The second-order valence-electron chi connectivity index (χ2n) is 4.31. The molecule has 0 bridgehead atoms. The summed E-state index contributed by atoms with van der Waals surface area (Å²) in [6.45, 7) is 7.11. The van der Waals surface area contributed by atoms with Gasteiger partial charge >= 0.3 is 0 Å². The lowest BCUT2D eigenvalue weighted by atomic mass is 10.2. The normalized spacial score (nSPS) is 12.4. The van der Waals surface area contributed by atoms with Crippen LogP contribution >= 0.6 is 0 Å². The summed E-state index contributed by atoms with van der Waals surface area (Å²) in [5, 5.41) is 9.72. The number of carbonyl (C=O) groups excluding carboxylic acids is 1. The predicted octanol–water partition coefficient (Wildman–Crippen LogP) is 0.815.